The van der Waals surface area contributed by atoms with E-state index in [4.69, 9.17) is 4.74 Å². The van der Waals surface area contributed by atoms with Crippen LogP contribution in [-0.4, -0.2) is 18.1 Å². The highest BCUT2D eigenvalue weighted by Gasteiger charge is 2.20. The zero-order valence-corrected chi connectivity index (χ0v) is 16.5. The van der Waals surface area contributed by atoms with Gasteiger partial charge in [0.2, 0.25) is 0 Å². The van der Waals surface area contributed by atoms with Crippen molar-refractivity contribution in [2.75, 3.05) is 0 Å². The van der Waals surface area contributed by atoms with Gasteiger partial charge in [0.25, 0.3) is 10.1 Å². The molecule has 0 radical (unpaired) electrons. The molecule has 2 rings (SSSR count). The number of hydrogen-bond donors (Lipinski definition) is 2. The van der Waals surface area contributed by atoms with E-state index in [1.54, 1.807) is 18.2 Å². The van der Waals surface area contributed by atoms with Crippen LogP contribution in [0.3, 0.4) is 0 Å². The highest BCUT2D eigenvalue weighted by atomic mass is 32.2. The minimum absolute atomic E-state index is 0.0914. The standard InChI is InChI=1S/C21H28O5S/c1-2-3-4-5-6-7-8-10-17-11-9-12-20(27(23,24)25)21(17)26-19-15-13-18(22)14-16-19/h9,11-16,22H,2-8,10H2,1H3,(H,23,24,25). The van der Waals surface area contributed by atoms with Crippen LogP contribution in [0, 0.1) is 0 Å². The molecule has 0 heterocycles. The Balaban J connectivity index is 2.12. The Morgan fingerprint density at radius 1 is 0.889 bits per heavy atom. The van der Waals surface area contributed by atoms with E-state index in [1.807, 2.05) is 6.07 Å². The lowest BCUT2D eigenvalue weighted by molar-refractivity contribution is 0.440. The zero-order valence-electron chi connectivity index (χ0n) is 15.7. The maximum Gasteiger partial charge on any atom is 0.298 e. The van der Waals surface area contributed by atoms with E-state index in [0.29, 0.717) is 12.2 Å². The van der Waals surface area contributed by atoms with Gasteiger partial charge >= 0.3 is 0 Å². The van der Waals surface area contributed by atoms with Gasteiger partial charge in [-0.2, -0.15) is 8.42 Å². The number of rotatable bonds is 11. The lowest BCUT2D eigenvalue weighted by atomic mass is 10.0. The van der Waals surface area contributed by atoms with Crippen LogP contribution in [0.15, 0.2) is 47.4 Å². The summed E-state index contributed by atoms with van der Waals surface area (Å²) in [7, 11) is -4.40. The maximum atomic E-state index is 11.8. The molecule has 0 amide bonds. The Kier molecular flexibility index (Phi) is 8.13. The first-order valence-corrected chi connectivity index (χ1v) is 10.9. The van der Waals surface area contributed by atoms with Crippen molar-refractivity contribution in [1.29, 1.82) is 0 Å². The van der Waals surface area contributed by atoms with Crippen LogP contribution in [0.25, 0.3) is 0 Å². The third kappa shape index (κ3) is 6.88. The van der Waals surface area contributed by atoms with Gasteiger partial charge in [0.05, 0.1) is 0 Å². The molecule has 0 aliphatic rings. The van der Waals surface area contributed by atoms with Gasteiger partial charge in [0.15, 0.2) is 5.75 Å². The van der Waals surface area contributed by atoms with E-state index >= 15 is 0 Å². The summed E-state index contributed by atoms with van der Waals surface area (Å²) in [6.45, 7) is 2.19. The molecule has 27 heavy (non-hydrogen) atoms. The van der Waals surface area contributed by atoms with E-state index in [9.17, 15) is 18.1 Å². The monoisotopic (exact) mass is 392 g/mol. The highest BCUT2D eigenvalue weighted by Crippen LogP contribution is 2.34. The molecule has 2 N–H and O–H groups in total. The molecule has 148 valence electrons. The molecule has 0 spiro atoms. The first-order valence-electron chi connectivity index (χ1n) is 9.48. The minimum atomic E-state index is -4.40. The van der Waals surface area contributed by atoms with E-state index in [0.717, 1.165) is 24.8 Å². The summed E-state index contributed by atoms with van der Waals surface area (Å²) >= 11 is 0. The molecule has 0 aromatic heterocycles. The molecule has 6 heteroatoms. The minimum Gasteiger partial charge on any atom is -0.508 e. The van der Waals surface area contributed by atoms with Crippen LogP contribution in [0.5, 0.6) is 17.2 Å². The topological polar surface area (TPSA) is 83.8 Å². The van der Waals surface area contributed by atoms with Gasteiger partial charge in [0.1, 0.15) is 16.4 Å². The second-order valence-electron chi connectivity index (χ2n) is 6.69. The van der Waals surface area contributed by atoms with Crippen molar-refractivity contribution < 1.29 is 22.8 Å². The molecular weight excluding hydrogens is 364 g/mol. The van der Waals surface area contributed by atoms with Gasteiger partial charge in [-0.3, -0.25) is 4.55 Å². The second-order valence-corrected chi connectivity index (χ2v) is 8.08. The molecule has 0 saturated heterocycles. The second kappa shape index (κ2) is 10.3. The van der Waals surface area contributed by atoms with Crippen molar-refractivity contribution in [2.45, 2.75) is 63.2 Å². The number of aryl methyl sites for hydroxylation is 1. The Morgan fingerprint density at radius 2 is 1.52 bits per heavy atom. The number of unbranched alkanes of at least 4 members (excludes halogenated alkanes) is 6. The summed E-state index contributed by atoms with van der Waals surface area (Å²) in [5.41, 5.74) is 0.742. The molecule has 0 aliphatic carbocycles. The van der Waals surface area contributed by atoms with Gasteiger partial charge in [-0.15, -0.1) is 0 Å². The van der Waals surface area contributed by atoms with Gasteiger partial charge in [-0.05, 0) is 48.7 Å². The Hall–Kier alpha value is -2.05. The molecule has 0 saturated carbocycles. The number of aromatic hydroxyl groups is 1. The van der Waals surface area contributed by atoms with Crippen molar-refractivity contribution >= 4 is 10.1 Å². The van der Waals surface area contributed by atoms with Gasteiger partial charge in [0, 0.05) is 0 Å². The van der Waals surface area contributed by atoms with Crippen molar-refractivity contribution in [2.24, 2.45) is 0 Å². The van der Waals surface area contributed by atoms with Gasteiger partial charge in [-0.1, -0.05) is 57.6 Å². The third-order valence-electron chi connectivity index (χ3n) is 4.44. The summed E-state index contributed by atoms with van der Waals surface area (Å²) in [6, 6.07) is 10.8. The molecule has 0 atom stereocenters. The van der Waals surface area contributed by atoms with Gasteiger partial charge in [-0.25, -0.2) is 0 Å². The quantitative estimate of drug-likeness (QED) is 0.377. The lowest BCUT2D eigenvalue weighted by Gasteiger charge is -2.14. The van der Waals surface area contributed by atoms with E-state index < -0.39 is 10.1 Å². The van der Waals surface area contributed by atoms with Crippen LogP contribution in [-0.2, 0) is 16.5 Å². The number of hydrogen-bond acceptors (Lipinski definition) is 4. The summed E-state index contributed by atoms with van der Waals surface area (Å²) in [4.78, 5) is -0.240. The van der Waals surface area contributed by atoms with Crippen LogP contribution in [0.1, 0.15) is 57.4 Å². The molecule has 0 unspecified atom stereocenters. The number of benzene rings is 2. The molecular formula is C21H28O5S. The molecule has 0 aliphatic heterocycles. The predicted octanol–water partition coefficient (Wildman–Crippen LogP) is 5.72. The van der Waals surface area contributed by atoms with Crippen molar-refractivity contribution in [1.82, 2.24) is 0 Å². The number of phenols is 1. The van der Waals surface area contributed by atoms with Crippen molar-refractivity contribution in [3.05, 3.63) is 48.0 Å². The van der Waals surface area contributed by atoms with Crippen molar-refractivity contribution in [3.63, 3.8) is 0 Å². The molecule has 0 bridgehead atoms. The summed E-state index contributed by atoms with van der Waals surface area (Å²) in [6.07, 6.45) is 8.78. The smallest absolute Gasteiger partial charge is 0.298 e. The molecule has 5 nitrogen and oxygen atoms in total. The fourth-order valence-corrected chi connectivity index (χ4v) is 3.64. The molecule has 2 aromatic carbocycles. The summed E-state index contributed by atoms with van der Waals surface area (Å²) < 4.78 is 38.9. The lowest BCUT2D eigenvalue weighted by Crippen LogP contribution is -2.04. The molecule has 0 fully saturated rings. The van der Waals surface area contributed by atoms with Crippen molar-refractivity contribution in [3.8, 4) is 17.2 Å². The zero-order chi connectivity index (χ0) is 19.7. The van der Waals surface area contributed by atoms with Gasteiger partial charge < -0.3 is 9.84 Å². The largest absolute Gasteiger partial charge is 0.508 e. The van der Waals surface area contributed by atoms with Crippen LogP contribution < -0.4 is 4.74 Å². The average Bonchev–Trinajstić information content (AvgIpc) is 2.63. The van der Waals surface area contributed by atoms with Crippen LogP contribution >= 0.6 is 0 Å². The first-order chi connectivity index (χ1) is 12.9. The SMILES string of the molecule is CCCCCCCCCc1cccc(S(=O)(=O)O)c1Oc1ccc(O)cc1. The Morgan fingerprint density at radius 3 is 2.15 bits per heavy atom. The summed E-state index contributed by atoms with van der Waals surface area (Å²) in [5.74, 6) is 0.634. The van der Waals surface area contributed by atoms with E-state index in [2.05, 4.69) is 6.92 Å². The Bertz CT molecular complexity index is 813. The highest BCUT2D eigenvalue weighted by molar-refractivity contribution is 7.86. The fourth-order valence-electron chi connectivity index (χ4n) is 2.98. The average molecular weight is 393 g/mol. The Labute approximate surface area is 161 Å². The normalized spacial score (nSPS) is 11.5. The first kappa shape index (κ1) is 21.3. The van der Waals surface area contributed by atoms with E-state index in [-0.39, 0.29) is 16.4 Å². The molecule has 2 aromatic rings. The van der Waals surface area contributed by atoms with Crippen LogP contribution in [0.4, 0.5) is 0 Å². The predicted molar refractivity (Wildman–Crippen MR) is 106 cm³/mol. The number of para-hydroxylation sites is 1. The van der Waals surface area contributed by atoms with E-state index in [1.165, 1.54) is 43.9 Å². The van der Waals surface area contributed by atoms with Crippen LogP contribution in [0.2, 0.25) is 0 Å². The summed E-state index contributed by atoms with van der Waals surface area (Å²) in [5, 5.41) is 9.39. The number of ether oxygens (including phenoxy) is 1. The fraction of sp³-hybridized carbons (Fsp3) is 0.429. The maximum absolute atomic E-state index is 11.8. The number of phenolic OH excluding ortho intramolecular Hbond substituents is 1. The third-order valence-corrected chi connectivity index (χ3v) is 5.32.